The summed E-state index contributed by atoms with van der Waals surface area (Å²) in [5.41, 5.74) is 1.53. The zero-order chi connectivity index (χ0) is 27.4. The maximum absolute atomic E-state index is 13.4. The number of halogens is 1. The first-order valence-corrected chi connectivity index (χ1v) is 12.7. The number of carbonyl (C=O) groups excluding carboxylic acids is 2. The number of hydrogen-bond acceptors (Lipinski definition) is 6. The Balaban J connectivity index is 1.85. The number of likely N-dealkylation sites (tertiary alicyclic amines) is 1. The van der Waals surface area contributed by atoms with Crippen LogP contribution in [0.15, 0.2) is 72.3 Å². The number of carbonyl (C=O) groups is 2. The van der Waals surface area contributed by atoms with Crippen LogP contribution in [0, 0.1) is 6.92 Å². The van der Waals surface area contributed by atoms with Crippen LogP contribution >= 0.6 is 11.6 Å². The van der Waals surface area contributed by atoms with E-state index in [0.717, 1.165) is 5.56 Å². The van der Waals surface area contributed by atoms with E-state index < -0.39 is 17.7 Å². The van der Waals surface area contributed by atoms with E-state index in [-0.39, 0.29) is 46.9 Å². The monoisotopic (exact) mass is 535 g/mol. The zero-order valence-electron chi connectivity index (χ0n) is 21.7. The highest BCUT2D eigenvalue weighted by Gasteiger charge is 2.46. The average molecular weight is 536 g/mol. The first kappa shape index (κ1) is 27.2. The summed E-state index contributed by atoms with van der Waals surface area (Å²) in [5, 5.41) is 11.8. The van der Waals surface area contributed by atoms with Gasteiger partial charge in [0.2, 0.25) is 0 Å². The van der Waals surface area contributed by atoms with E-state index in [0.29, 0.717) is 17.1 Å². The van der Waals surface area contributed by atoms with Gasteiger partial charge in [0.1, 0.15) is 23.0 Å². The van der Waals surface area contributed by atoms with Crippen molar-refractivity contribution >= 4 is 29.1 Å². The summed E-state index contributed by atoms with van der Waals surface area (Å²) < 4.78 is 17.1. The van der Waals surface area contributed by atoms with E-state index in [1.807, 2.05) is 51.1 Å². The summed E-state index contributed by atoms with van der Waals surface area (Å²) in [6.07, 6.45) is -0.0495. The SMILES string of the molecule is COc1c(Cl)cc(C)cc1/C(O)=C1\C(=O)C(=O)N(CCOC(C)C)C1c1cccc(Oc2ccccc2)c1. The molecule has 1 fully saturated rings. The summed E-state index contributed by atoms with van der Waals surface area (Å²) in [7, 11) is 1.43. The highest BCUT2D eigenvalue weighted by Crippen LogP contribution is 2.43. The molecule has 8 heteroatoms. The molecule has 1 aliphatic heterocycles. The number of Topliss-reactive ketones (excluding diaryl/α,β-unsaturated/α-hetero) is 1. The molecule has 38 heavy (non-hydrogen) atoms. The van der Waals surface area contributed by atoms with Crippen LogP contribution in [0.5, 0.6) is 17.2 Å². The Labute approximate surface area is 227 Å². The van der Waals surface area contributed by atoms with Crippen molar-refractivity contribution in [1.29, 1.82) is 0 Å². The van der Waals surface area contributed by atoms with Crippen LogP contribution in [0.2, 0.25) is 5.02 Å². The highest BCUT2D eigenvalue weighted by molar-refractivity contribution is 6.46. The number of ether oxygens (including phenoxy) is 3. The second kappa shape index (κ2) is 11.7. The Morgan fingerprint density at radius 3 is 2.42 bits per heavy atom. The normalized spacial score (nSPS) is 16.8. The van der Waals surface area contributed by atoms with Crippen molar-refractivity contribution in [2.45, 2.75) is 32.9 Å². The Kier molecular flexibility index (Phi) is 8.39. The van der Waals surface area contributed by atoms with E-state index in [1.165, 1.54) is 12.0 Å². The molecule has 0 radical (unpaired) electrons. The van der Waals surface area contributed by atoms with Crippen LogP contribution in [-0.2, 0) is 14.3 Å². The third-order valence-corrected chi connectivity index (χ3v) is 6.40. The smallest absolute Gasteiger partial charge is 0.295 e. The quantitative estimate of drug-likeness (QED) is 0.197. The van der Waals surface area contributed by atoms with Crippen molar-refractivity contribution in [3.63, 3.8) is 0 Å². The Morgan fingerprint density at radius 1 is 1.03 bits per heavy atom. The summed E-state index contributed by atoms with van der Waals surface area (Å²) >= 11 is 6.37. The molecule has 1 atom stereocenters. The van der Waals surface area contributed by atoms with Crippen LogP contribution in [0.3, 0.4) is 0 Å². The second-order valence-corrected chi connectivity index (χ2v) is 9.63. The van der Waals surface area contributed by atoms with Crippen LogP contribution in [0.4, 0.5) is 0 Å². The molecule has 7 nitrogen and oxygen atoms in total. The maximum atomic E-state index is 13.4. The number of ketones is 1. The fourth-order valence-electron chi connectivity index (χ4n) is 4.47. The zero-order valence-corrected chi connectivity index (χ0v) is 22.5. The van der Waals surface area contributed by atoms with Gasteiger partial charge in [0.05, 0.1) is 42.0 Å². The minimum Gasteiger partial charge on any atom is -0.507 e. The number of nitrogens with zero attached hydrogens (tertiary/aromatic N) is 1. The predicted molar refractivity (Wildman–Crippen MR) is 146 cm³/mol. The molecule has 1 amide bonds. The molecule has 1 N–H and O–H groups in total. The molecule has 198 valence electrons. The lowest BCUT2D eigenvalue weighted by molar-refractivity contribution is -0.140. The minimum absolute atomic E-state index is 0.0495. The van der Waals surface area contributed by atoms with Crippen molar-refractivity contribution in [2.75, 3.05) is 20.3 Å². The number of para-hydroxylation sites is 1. The lowest BCUT2D eigenvalue weighted by Crippen LogP contribution is -2.33. The van der Waals surface area contributed by atoms with Gasteiger partial charge in [0.15, 0.2) is 0 Å². The molecule has 0 aliphatic carbocycles. The van der Waals surface area contributed by atoms with E-state index in [4.69, 9.17) is 25.8 Å². The molecule has 0 aromatic heterocycles. The summed E-state index contributed by atoms with van der Waals surface area (Å²) in [6, 6.07) is 18.9. The van der Waals surface area contributed by atoms with Crippen LogP contribution in [-0.4, -0.2) is 48.1 Å². The molecule has 0 spiro atoms. The number of aliphatic hydroxyl groups excluding tert-OH is 1. The van der Waals surface area contributed by atoms with Gasteiger partial charge in [-0.25, -0.2) is 0 Å². The standard InChI is InChI=1S/C30H30ClNO6/c1-18(2)37-14-13-32-26(20-9-8-12-22(17-20)38-21-10-6-5-7-11-21)25(28(34)30(32)35)27(33)23-15-19(3)16-24(31)29(23)36-4/h5-12,15-18,26,33H,13-14H2,1-4H3/b27-25+. The number of methoxy groups -OCH3 is 1. The van der Waals surface area contributed by atoms with Gasteiger partial charge >= 0.3 is 0 Å². The topological polar surface area (TPSA) is 85.3 Å². The fourth-order valence-corrected chi connectivity index (χ4v) is 4.83. The number of rotatable bonds is 9. The molecule has 1 unspecified atom stereocenters. The van der Waals surface area contributed by atoms with E-state index in [1.54, 1.807) is 36.4 Å². The van der Waals surface area contributed by atoms with E-state index in [2.05, 4.69) is 0 Å². The van der Waals surface area contributed by atoms with Crippen molar-refractivity contribution in [3.05, 3.63) is 94.0 Å². The number of aryl methyl sites for hydroxylation is 1. The van der Waals surface area contributed by atoms with Crippen LogP contribution in [0.1, 0.15) is 36.6 Å². The fraction of sp³-hybridized carbons (Fsp3) is 0.267. The first-order chi connectivity index (χ1) is 18.2. The summed E-state index contributed by atoms with van der Waals surface area (Å²) in [5.74, 6) is -0.513. The Hall–Kier alpha value is -3.81. The predicted octanol–water partition coefficient (Wildman–Crippen LogP) is 6.30. The number of aliphatic hydroxyl groups is 1. The molecular formula is C30H30ClNO6. The van der Waals surface area contributed by atoms with E-state index in [9.17, 15) is 14.7 Å². The van der Waals surface area contributed by atoms with Gasteiger partial charge in [-0.05, 0) is 68.3 Å². The van der Waals surface area contributed by atoms with Gasteiger partial charge in [-0.15, -0.1) is 0 Å². The number of amides is 1. The van der Waals surface area contributed by atoms with Crippen LogP contribution in [0.25, 0.3) is 5.76 Å². The van der Waals surface area contributed by atoms with Crippen molar-refractivity contribution in [3.8, 4) is 17.2 Å². The Morgan fingerprint density at radius 2 is 1.74 bits per heavy atom. The second-order valence-electron chi connectivity index (χ2n) is 9.23. The summed E-state index contributed by atoms with van der Waals surface area (Å²) in [6.45, 7) is 5.97. The van der Waals surface area contributed by atoms with E-state index >= 15 is 0 Å². The molecule has 1 heterocycles. The van der Waals surface area contributed by atoms with Crippen molar-refractivity contribution in [2.24, 2.45) is 0 Å². The molecule has 0 bridgehead atoms. The van der Waals surface area contributed by atoms with Gasteiger partial charge in [0.25, 0.3) is 11.7 Å². The minimum atomic E-state index is -0.880. The van der Waals surface area contributed by atoms with Gasteiger partial charge in [-0.1, -0.05) is 41.9 Å². The van der Waals surface area contributed by atoms with Gasteiger partial charge in [-0.2, -0.15) is 0 Å². The molecule has 4 rings (SSSR count). The lowest BCUT2D eigenvalue weighted by atomic mass is 9.94. The highest BCUT2D eigenvalue weighted by atomic mass is 35.5. The average Bonchev–Trinajstić information content (AvgIpc) is 3.13. The third kappa shape index (κ3) is 5.69. The van der Waals surface area contributed by atoms with Crippen molar-refractivity contribution < 1.29 is 28.9 Å². The number of hydrogen-bond donors (Lipinski definition) is 1. The largest absolute Gasteiger partial charge is 0.507 e. The van der Waals surface area contributed by atoms with Crippen molar-refractivity contribution in [1.82, 2.24) is 4.90 Å². The molecule has 3 aromatic rings. The van der Waals surface area contributed by atoms with Crippen LogP contribution < -0.4 is 9.47 Å². The van der Waals surface area contributed by atoms with Gasteiger partial charge in [0, 0.05) is 6.54 Å². The van der Waals surface area contributed by atoms with Gasteiger partial charge < -0.3 is 24.2 Å². The first-order valence-electron chi connectivity index (χ1n) is 12.3. The molecule has 1 saturated heterocycles. The molecule has 0 saturated carbocycles. The molecule has 1 aliphatic rings. The van der Waals surface area contributed by atoms with Gasteiger partial charge in [-0.3, -0.25) is 9.59 Å². The third-order valence-electron chi connectivity index (χ3n) is 6.12. The lowest BCUT2D eigenvalue weighted by Gasteiger charge is -2.26. The number of benzene rings is 3. The molecular weight excluding hydrogens is 506 g/mol. The molecule has 3 aromatic carbocycles. The Bertz CT molecular complexity index is 1370. The summed E-state index contributed by atoms with van der Waals surface area (Å²) in [4.78, 5) is 28.1. The maximum Gasteiger partial charge on any atom is 0.295 e.